The molecule has 5 nitrogen and oxygen atoms in total. The first kappa shape index (κ1) is 26.6. The second-order valence-corrected chi connectivity index (χ2v) is 8.00. The quantitative estimate of drug-likeness (QED) is 0.361. The minimum Gasteiger partial charge on any atom is -0.483 e. The van der Waals surface area contributed by atoms with Crippen molar-refractivity contribution in [2.24, 2.45) is 0 Å². The van der Waals surface area contributed by atoms with Crippen LogP contribution in [0.15, 0.2) is 54.6 Å². The summed E-state index contributed by atoms with van der Waals surface area (Å²) in [6.45, 7) is 4.68. The number of allylic oxidation sites excluding steroid dienone is 1. The van der Waals surface area contributed by atoms with E-state index in [0.717, 1.165) is 37.2 Å². The van der Waals surface area contributed by atoms with Crippen LogP contribution in [0.3, 0.4) is 0 Å². The van der Waals surface area contributed by atoms with Crippen molar-refractivity contribution in [1.82, 2.24) is 5.32 Å². The highest BCUT2D eigenvalue weighted by Crippen LogP contribution is 2.33. The molecule has 0 heterocycles. The molecule has 2 aromatic rings. The first-order valence-electron chi connectivity index (χ1n) is 11.1. The number of carbonyl (C=O) groups excluding carboxylic acids is 2. The Morgan fingerprint density at radius 1 is 1.18 bits per heavy atom. The molecule has 0 bridgehead atoms. The number of hydrogen-bond acceptors (Lipinski definition) is 5. The van der Waals surface area contributed by atoms with E-state index in [1.54, 1.807) is 13.0 Å². The van der Waals surface area contributed by atoms with Crippen LogP contribution < -0.4 is 10.1 Å². The van der Waals surface area contributed by atoms with E-state index >= 15 is 0 Å². The van der Waals surface area contributed by atoms with Crippen LogP contribution in [0.2, 0.25) is 0 Å². The highest BCUT2D eigenvalue weighted by Gasteiger charge is 2.18. The average molecular weight is 468 g/mol. The van der Waals surface area contributed by atoms with Crippen molar-refractivity contribution in [2.75, 3.05) is 13.2 Å². The van der Waals surface area contributed by atoms with Crippen LogP contribution in [0.1, 0.15) is 48.9 Å². The van der Waals surface area contributed by atoms with Gasteiger partial charge in [-0.25, -0.2) is 0 Å². The molecule has 0 unspecified atom stereocenters. The van der Waals surface area contributed by atoms with Gasteiger partial charge in [0.1, 0.15) is 12.4 Å². The Morgan fingerprint density at radius 2 is 1.94 bits per heavy atom. The lowest BCUT2D eigenvalue weighted by molar-refractivity contribution is -0.123. The predicted molar refractivity (Wildman–Crippen MR) is 138 cm³/mol. The summed E-state index contributed by atoms with van der Waals surface area (Å²) in [6.07, 6.45) is 7.49. The van der Waals surface area contributed by atoms with Gasteiger partial charge in [-0.05, 0) is 78.8 Å². The van der Waals surface area contributed by atoms with E-state index in [4.69, 9.17) is 9.84 Å². The van der Waals surface area contributed by atoms with Gasteiger partial charge in [0.25, 0.3) is 0 Å². The number of rotatable bonds is 12. The monoisotopic (exact) mass is 467 g/mol. The lowest BCUT2D eigenvalue weighted by Crippen LogP contribution is -2.23. The van der Waals surface area contributed by atoms with E-state index in [1.165, 1.54) is 28.3 Å². The summed E-state index contributed by atoms with van der Waals surface area (Å²) < 4.78 is 5.90. The van der Waals surface area contributed by atoms with Gasteiger partial charge in [-0.15, -0.1) is 0 Å². The molecule has 2 N–H and O–H groups in total. The molecule has 1 aliphatic carbocycles. The summed E-state index contributed by atoms with van der Waals surface area (Å²) in [4.78, 5) is 22.8. The van der Waals surface area contributed by atoms with Gasteiger partial charge >= 0.3 is 0 Å². The first-order valence-corrected chi connectivity index (χ1v) is 11.1. The van der Waals surface area contributed by atoms with E-state index in [2.05, 4.69) is 23.5 Å². The van der Waals surface area contributed by atoms with Crippen LogP contribution in [0.4, 0.5) is 0 Å². The average Bonchev–Trinajstić information content (AvgIpc) is 3.21. The zero-order chi connectivity index (χ0) is 22.9. The molecule has 0 fully saturated rings. The summed E-state index contributed by atoms with van der Waals surface area (Å²) >= 11 is 0. The molecule has 1 aliphatic rings. The first-order chi connectivity index (χ1) is 15.5. The number of nitrogens with one attached hydrogen (secondary N) is 1. The van der Waals surface area contributed by atoms with Crippen molar-refractivity contribution in [3.63, 3.8) is 0 Å². The van der Waals surface area contributed by atoms with E-state index < -0.39 is 6.61 Å². The van der Waals surface area contributed by atoms with E-state index in [9.17, 15) is 9.59 Å². The van der Waals surface area contributed by atoms with E-state index in [-0.39, 0.29) is 31.2 Å². The predicted octanol–water partition coefficient (Wildman–Crippen LogP) is 4.24. The van der Waals surface area contributed by atoms with Gasteiger partial charge in [0, 0.05) is 6.54 Å². The smallest absolute Gasteiger partial charge is 0.181 e. The molecule has 6 heteroatoms. The maximum atomic E-state index is 11.7. The van der Waals surface area contributed by atoms with Crippen molar-refractivity contribution in [3.8, 4) is 5.75 Å². The van der Waals surface area contributed by atoms with Crippen LogP contribution in [-0.2, 0) is 22.6 Å². The molecule has 2 aromatic carbocycles. The number of hydrogen-bond donors (Lipinski definition) is 2. The fourth-order valence-corrected chi connectivity index (χ4v) is 3.75. The molecular formula is C27H33NO4S. The third kappa shape index (κ3) is 7.70. The second-order valence-electron chi connectivity index (χ2n) is 8.00. The molecule has 0 radical (unpaired) electrons. The van der Waals surface area contributed by atoms with Crippen molar-refractivity contribution < 1.29 is 19.4 Å². The van der Waals surface area contributed by atoms with Gasteiger partial charge in [0.15, 0.2) is 17.7 Å². The maximum Gasteiger partial charge on any atom is 0.181 e. The van der Waals surface area contributed by atoms with Crippen LogP contribution in [0.25, 0.3) is 11.6 Å². The van der Waals surface area contributed by atoms with Crippen LogP contribution in [0.5, 0.6) is 5.75 Å². The summed E-state index contributed by atoms with van der Waals surface area (Å²) in [5.41, 5.74) is 5.92. The second kappa shape index (κ2) is 13.1. The molecule has 0 aliphatic heterocycles. The topological polar surface area (TPSA) is 75.6 Å². The number of aliphatic hydroxyl groups is 1. The molecular weight excluding hydrogens is 434 g/mol. The summed E-state index contributed by atoms with van der Waals surface area (Å²) in [5, 5.41) is 12.2. The number of benzene rings is 2. The summed E-state index contributed by atoms with van der Waals surface area (Å²) in [6, 6.07) is 14.1. The van der Waals surface area contributed by atoms with Crippen LogP contribution >= 0.6 is 13.5 Å². The van der Waals surface area contributed by atoms with Crippen LogP contribution in [-0.4, -0.2) is 35.9 Å². The largest absolute Gasteiger partial charge is 0.483 e. The molecule has 3 rings (SSSR count). The fourth-order valence-electron chi connectivity index (χ4n) is 3.75. The Balaban J connectivity index is 0.00000385. The van der Waals surface area contributed by atoms with Crippen LogP contribution in [0, 0.1) is 0 Å². The third-order valence-electron chi connectivity index (χ3n) is 5.60. The lowest BCUT2D eigenvalue weighted by Gasteiger charge is -2.16. The van der Waals surface area contributed by atoms with Crippen molar-refractivity contribution in [2.45, 2.75) is 45.8 Å². The van der Waals surface area contributed by atoms with Gasteiger partial charge in [0.2, 0.25) is 0 Å². The number of ether oxygens (including phenoxy) is 1. The molecule has 1 atom stereocenters. The number of aliphatic hydroxyl groups excluding tert-OH is 1. The molecule has 0 aromatic heterocycles. The highest BCUT2D eigenvalue weighted by atomic mass is 32.1. The lowest BCUT2D eigenvalue weighted by atomic mass is 10.0. The van der Waals surface area contributed by atoms with Gasteiger partial charge in [0.05, 0.1) is 0 Å². The Bertz CT molecular complexity index is 1010. The molecule has 0 amide bonds. The van der Waals surface area contributed by atoms with Crippen molar-refractivity contribution in [1.29, 1.82) is 0 Å². The maximum absolute atomic E-state index is 11.7. The highest BCUT2D eigenvalue weighted by molar-refractivity contribution is 7.59. The normalized spacial score (nSPS) is 13.2. The van der Waals surface area contributed by atoms with Gasteiger partial charge in [-0.2, -0.15) is 13.5 Å². The minimum atomic E-state index is -0.467. The summed E-state index contributed by atoms with van der Waals surface area (Å²) in [7, 11) is 0. The minimum absolute atomic E-state index is 0. The number of carbonyl (C=O) groups is 2. The molecule has 33 heavy (non-hydrogen) atoms. The molecule has 0 saturated heterocycles. The Morgan fingerprint density at radius 3 is 2.61 bits per heavy atom. The fraction of sp³-hybridized carbons (Fsp3) is 0.333. The zero-order valence-electron chi connectivity index (χ0n) is 19.3. The number of ketones is 2. The van der Waals surface area contributed by atoms with E-state index in [0.29, 0.717) is 6.42 Å². The molecule has 0 saturated carbocycles. The Kier molecular flexibility index (Phi) is 10.6. The number of fused-ring (bicyclic) bond motifs is 1. The van der Waals surface area contributed by atoms with E-state index in [1.807, 2.05) is 37.3 Å². The van der Waals surface area contributed by atoms with Crippen molar-refractivity contribution in [3.05, 3.63) is 76.9 Å². The Labute approximate surface area is 203 Å². The number of Topliss-reactive ketones (excluding diaryl/α,β-unsaturated/α-hetero) is 1. The van der Waals surface area contributed by atoms with Gasteiger partial charge in [-0.1, -0.05) is 49.4 Å². The Hall–Kier alpha value is -2.67. The van der Waals surface area contributed by atoms with Gasteiger partial charge in [-0.3, -0.25) is 9.59 Å². The zero-order valence-corrected chi connectivity index (χ0v) is 20.3. The molecule has 0 spiro atoms. The van der Waals surface area contributed by atoms with Gasteiger partial charge < -0.3 is 15.2 Å². The SMILES string of the molecule is CC[C@H](Oc1ccc2c(c1)C(CCNCc1ccc(/C=C/C(=O)CO)cc1)=CC2)C(C)=O.S. The standard InChI is InChI=1S/C27H31NO4.H2S/c1-3-27(19(2)30)32-25-13-11-22-9-10-23(26(22)16-25)14-15-28-17-21-6-4-20(5-7-21)8-12-24(31)18-29;/h4-8,10-13,16,27-29H,3,9,14-15,17-18H2,1-2H3;1H2/b12-8+;/t27-;/m0./s1. The summed E-state index contributed by atoms with van der Waals surface area (Å²) in [5.74, 6) is 0.498. The molecule has 176 valence electrons. The van der Waals surface area contributed by atoms with Crippen molar-refractivity contribution >= 4 is 36.7 Å². The third-order valence-corrected chi connectivity index (χ3v) is 5.60.